The standard InChI is InChI=1S/C12H20N4O/c1-8-10(13)11(15-14-8)12(17)16(2)7-9-5-3-4-6-9/h9H,3-7,13H2,1-2H3,(H,14,15). The maximum Gasteiger partial charge on any atom is 0.276 e. The number of carbonyl (C=O) groups excluding carboxylic acids is 1. The summed E-state index contributed by atoms with van der Waals surface area (Å²) < 4.78 is 0. The second-order valence-electron chi connectivity index (χ2n) is 4.95. The number of aromatic nitrogens is 2. The summed E-state index contributed by atoms with van der Waals surface area (Å²) in [4.78, 5) is 13.9. The molecule has 0 aromatic carbocycles. The van der Waals surface area contributed by atoms with Crippen molar-refractivity contribution in [2.24, 2.45) is 5.92 Å². The molecule has 0 atom stereocenters. The molecule has 17 heavy (non-hydrogen) atoms. The summed E-state index contributed by atoms with van der Waals surface area (Å²) in [5.74, 6) is 0.559. The van der Waals surface area contributed by atoms with E-state index in [1.165, 1.54) is 25.7 Å². The van der Waals surface area contributed by atoms with Gasteiger partial charge in [0.25, 0.3) is 5.91 Å². The van der Waals surface area contributed by atoms with Crippen LogP contribution >= 0.6 is 0 Å². The largest absolute Gasteiger partial charge is 0.395 e. The van der Waals surface area contributed by atoms with Crippen molar-refractivity contribution < 1.29 is 4.79 Å². The number of nitrogens with zero attached hydrogens (tertiary/aromatic N) is 2. The molecule has 1 aromatic heterocycles. The summed E-state index contributed by atoms with van der Waals surface area (Å²) in [5, 5.41) is 6.71. The van der Waals surface area contributed by atoms with Gasteiger partial charge in [-0.2, -0.15) is 5.10 Å². The molecule has 0 saturated heterocycles. The molecule has 94 valence electrons. The van der Waals surface area contributed by atoms with Gasteiger partial charge in [-0.1, -0.05) is 12.8 Å². The predicted octanol–water partition coefficient (Wildman–Crippen LogP) is 1.56. The fourth-order valence-electron chi connectivity index (χ4n) is 2.44. The average Bonchev–Trinajstić information content (AvgIpc) is 2.90. The number of hydrogen-bond donors (Lipinski definition) is 2. The summed E-state index contributed by atoms with van der Waals surface area (Å²) in [6.07, 6.45) is 5.03. The number of carbonyl (C=O) groups is 1. The van der Waals surface area contributed by atoms with E-state index in [0.717, 1.165) is 12.2 Å². The zero-order valence-electron chi connectivity index (χ0n) is 10.5. The van der Waals surface area contributed by atoms with Crippen LogP contribution in [-0.2, 0) is 0 Å². The van der Waals surface area contributed by atoms with Gasteiger partial charge in [0.05, 0.1) is 11.4 Å². The van der Waals surface area contributed by atoms with Gasteiger partial charge in [-0.15, -0.1) is 0 Å². The van der Waals surface area contributed by atoms with E-state index in [9.17, 15) is 4.79 Å². The van der Waals surface area contributed by atoms with Crippen LogP contribution in [0.1, 0.15) is 41.9 Å². The van der Waals surface area contributed by atoms with Crippen molar-refractivity contribution >= 4 is 11.6 Å². The molecule has 0 spiro atoms. The topological polar surface area (TPSA) is 75.0 Å². The normalized spacial score (nSPS) is 16.4. The first-order valence-electron chi connectivity index (χ1n) is 6.15. The number of H-pyrrole nitrogens is 1. The minimum Gasteiger partial charge on any atom is -0.395 e. The lowest BCUT2D eigenvalue weighted by molar-refractivity contribution is 0.0768. The SMILES string of the molecule is Cc1[nH]nc(C(=O)N(C)CC2CCCC2)c1N. The second kappa shape index (κ2) is 4.77. The van der Waals surface area contributed by atoms with Gasteiger partial charge in [-0.25, -0.2) is 0 Å². The van der Waals surface area contributed by atoms with Crippen molar-refractivity contribution in [2.75, 3.05) is 19.3 Å². The summed E-state index contributed by atoms with van der Waals surface area (Å²) in [6, 6.07) is 0. The van der Waals surface area contributed by atoms with Gasteiger partial charge < -0.3 is 10.6 Å². The molecule has 1 saturated carbocycles. The number of aromatic amines is 1. The third-order valence-electron chi connectivity index (χ3n) is 3.55. The smallest absolute Gasteiger partial charge is 0.276 e. The van der Waals surface area contributed by atoms with E-state index in [-0.39, 0.29) is 5.91 Å². The van der Waals surface area contributed by atoms with Crippen LogP contribution in [-0.4, -0.2) is 34.6 Å². The van der Waals surface area contributed by atoms with E-state index in [1.54, 1.807) is 4.90 Å². The van der Waals surface area contributed by atoms with Gasteiger partial charge in [-0.3, -0.25) is 9.89 Å². The molecule has 1 aliphatic carbocycles. The zero-order chi connectivity index (χ0) is 12.4. The highest BCUT2D eigenvalue weighted by Gasteiger charge is 2.23. The molecular weight excluding hydrogens is 216 g/mol. The first-order chi connectivity index (χ1) is 8.09. The third kappa shape index (κ3) is 2.43. The van der Waals surface area contributed by atoms with Gasteiger partial charge in [0, 0.05) is 13.6 Å². The number of anilines is 1. The lowest BCUT2D eigenvalue weighted by Gasteiger charge is -2.20. The summed E-state index contributed by atoms with van der Waals surface area (Å²) in [6.45, 7) is 2.63. The molecule has 3 N–H and O–H groups in total. The fourth-order valence-corrected chi connectivity index (χ4v) is 2.44. The van der Waals surface area contributed by atoms with Crippen LogP contribution in [0.25, 0.3) is 0 Å². The van der Waals surface area contributed by atoms with E-state index in [0.29, 0.717) is 17.3 Å². The predicted molar refractivity (Wildman–Crippen MR) is 66.7 cm³/mol. The van der Waals surface area contributed by atoms with Gasteiger partial charge >= 0.3 is 0 Å². The minimum atomic E-state index is -0.0845. The van der Waals surface area contributed by atoms with Gasteiger partial charge in [-0.05, 0) is 25.7 Å². The summed E-state index contributed by atoms with van der Waals surface area (Å²) in [5.41, 5.74) is 7.38. The Labute approximate surface area is 101 Å². The van der Waals surface area contributed by atoms with Gasteiger partial charge in [0.1, 0.15) is 0 Å². The van der Waals surface area contributed by atoms with Gasteiger partial charge in [0.15, 0.2) is 5.69 Å². The molecule has 1 amide bonds. The number of nitrogen functional groups attached to an aromatic ring is 1. The molecule has 2 rings (SSSR count). The Kier molecular flexibility index (Phi) is 3.36. The Morgan fingerprint density at radius 1 is 1.53 bits per heavy atom. The maximum absolute atomic E-state index is 12.1. The Morgan fingerprint density at radius 2 is 2.18 bits per heavy atom. The lowest BCUT2D eigenvalue weighted by Crippen LogP contribution is -2.31. The van der Waals surface area contributed by atoms with Crippen molar-refractivity contribution in [1.29, 1.82) is 0 Å². The van der Waals surface area contributed by atoms with Gasteiger partial charge in [0.2, 0.25) is 0 Å². The first kappa shape index (κ1) is 12.0. The molecule has 1 fully saturated rings. The zero-order valence-corrected chi connectivity index (χ0v) is 10.5. The van der Waals surface area contributed by atoms with E-state index < -0.39 is 0 Å². The number of hydrogen-bond acceptors (Lipinski definition) is 3. The molecule has 0 radical (unpaired) electrons. The highest BCUT2D eigenvalue weighted by molar-refractivity contribution is 5.97. The summed E-state index contributed by atoms with van der Waals surface area (Å²) >= 11 is 0. The second-order valence-corrected chi connectivity index (χ2v) is 4.95. The number of nitrogens with one attached hydrogen (secondary N) is 1. The Hall–Kier alpha value is -1.52. The molecule has 5 nitrogen and oxygen atoms in total. The molecule has 1 aromatic rings. The lowest BCUT2D eigenvalue weighted by atomic mass is 10.1. The number of aryl methyl sites for hydroxylation is 1. The molecular formula is C12H20N4O. The van der Waals surface area contributed by atoms with Crippen molar-refractivity contribution in [2.45, 2.75) is 32.6 Å². The minimum absolute atomic E-state index is 0.0845. The third-order valence-corrected chi connectivity index (χ3v) is 3.55. The van der Waals surface area contributed by atoms with E-state index in [4.69, 9.17) is 5.73 Å². The molecule has 1 aliphatic rings. The highest BCUT2D eigenvalue weighted by Crippen LogP contribution is 2.25. The number of nitrogens with two attached hydrogens (primary N) is 1. The maximum atomic E-state index is 12.1. The van der Waals surface area contributed by atoms with Crippen LogP contribution in [0, 0.1) is 12.8 Å². The van der Waals surface area contributed by atoms with E-state index in [1.807, 2.05) is 14.0 Å². The Morgan fingerprint density at radius 3 is 2.71 bits per heavy atom. The van der Waals surface area contributed by atoms with Crippen LogP contribution in [0.3, 0.4) is 0 Å². The Balaban J connectivity index is 2.01. The van der Waals surface area contributed by atoms with E-state index in [2.05, 4.69) is 10.2 Å². The highest BCUT2D eigenvalue weighted by atomic mass is 16.2. The summed E-state index contributed by atoms with van der Waals surface area (Å²) in [7, 11) is 1.82. The van der Waals surface area contributed by atoms with Crippen LogP contribution < -0.4 is 5.73 Å². The Bertz CT molecular complexity index is 407. The van der Waals surface area contributed by atoms with Crippen LogP contribution in [0.4, 0.5) is 5.69 Å². The molecule has 0 bridgehead atoms. The quantitative estimate of drug-likeness (QED) is 0.836. The molecule has 1 heterocycles. The van der Waals surface area contributed by atoms with Crippen LogP contribution in [0.5, 0.6) is 0 Å². The molecule has 5 heteroatoms. The van der Waals surface area contributed by atoms with Crippen molar-refractivity contribution in [3.05, 3.63) is 11.4 Å². The number of rotatable bonds is 3. The van der Waals surface area contributed by atoms with Crippen LogP contribution in [0.2, 0.25) is 0 Å². The van der Waals surface area contributed by atoms with Crippen molar-refractivity contribution in [3.63, 3.8) is 0 Å². The average molecular weight is 236 g/mol. The first-order valence-corrected chi connectivity index (χ1v) is 6.15. The molecule has 0 unspecified atom stereocenters. The molecule has 0 aliphatic heterocycles. The number of amides is 1. The monoisotopic (exact) mass is 236 g/mol. The van der Waals surface area contributed by atoms with Crippen molar-refractivity contribution in [3.8, 4) is 0 Å². The fraction of sp³-hybridized carbons (Fsp3) is 0.667. The van der Waals surface area contributed by atoms with Crippen molar-refractivity contribution in [1.82, 2.24) is 15.1 Å². The van der Waals surface area contributed by atoms with Crippen LogP contribution in [0.15, 0.2) is 0 Å². The van der Waals surface area contributed by atoms with E-state index >= 15 is 0 Å².